The minimum Gasteiger partial charge on any atom is -0.377 e. The van der Waals surface area contributed by atoms with Gasteiger partial charge in [0.25, 0.3) is 0 Å². The van der Waals surface area contributed by atoms with Crippen LogP contribution < -0.4 is 10.6 Å². The monoisotopic (exact) mass is 234 g/mol. The summed E-state index contributed by atoms with van der Waals surface area (Å²) >= 11 is 0. The number of hydrogen-bond donors (Lipinski definition) is 1. The van der Waals surface area contributed by atoms with Crippen LogP contribution in [0.5, 0.6) is 0 Å². The number of ether oxygens (including phenoxy) is 1. The second-order valence-electron chi connectivity index (χ2n) is 4.71. The molecule has 1 aromatic carbocycles. The van der Waals surface area contributed by atoms with Gasteiger partial charge in [0, 0.05) is 18.3 Å². The Morgan fingerprint density at radius 1 is 1.41 bits per heavy atom. The third-order valence-electron chi connectivity index (χ3n) is 3.45. The number of benzene rings is 1. The zero-order chi connectivity index (χ0) is 12.3. The van der Waals surface area contributed by atoms with Crippen molar-refractivity contribution < 1.29 is 4.74 Å². The molecule has 0 saturated carbocycles. The summed E-state index contributed by atoms with van der Waals surface area (Å²) in [7, 11) is 0. The Kier molecular flexibility index (Phi) is 4.02. The van der Waals surface area contributed by atoms with E-state index >= 15 is 0 Å². The maximum absolute atomic E-state index is 5.86. The summed E-state index contributed by atoms with van der Waals surface area (Å²) in [6.45, 7) is 6.87. The summed E-state index contributed by atoms with van der Waals surface area (Å²) in [5, 5.41) is 0. The molecule has 1 aliphatic rings. The van der Waals surface area contributed by atoms with E-state index in [1.54, 1.807) is 0 Å². The molecule has 17 heavy (non-hydrogen) atoms. The van der Waals surface area contributed by atoms with Crippen LogP contribution in [0.25, 0.3) is 0 Å². The Morgan fingerprint density at radius 3 is 2.71 bits per heavy atom. The largest absolute Gasteiger partial charge is 0.377 e. The number of rotatable bonds is 3. The van der Waals surface area contributed by atoms with Gasteiger partial charge in [-0.2, -0.15) is 0 Å². The molecule has 1 saturated heterocycles. The lowest BCUT2D eigenvalue weighted by molar-refractivity contribution is 0.0930. The fourth-order valence-corrected chi connectivity index (χ4v) is 2.30. The summed E-state index contributed by atoms with van der Waals surface area (Å²) in [5.41, 5.74) is 8.33. The van der Waals surface area contributed by atoms with Crippen LogP contribution in [0.2, 0.25) is 0 Å². The molecule has 0 radical (unpaired) electrons. The van der Waals surface area contributed by atoms with Crippen LogP contribution in [0.1, 0.15) is 31.9 Å². The third-order valence-corrected chi connectivity index (χ3v) is 3.45. The van der Waals surface area contributed by atoms with E-state index in [0.29, 0.717) is 6.04 Å². The van der Waals surface area contributed by atoms with Gasteiger partial charge in [0.15, 0.2) is 0 Å². The van der Waals surface area contributed by atoms with Crippen LogP contribution in [0.4, 0.5) is 5.69 Å². The van der Waals surface area contributed by atoms with Crippen molar-refractivity contribution in [1.82, 2.24) is 0 Å². The van der Waals surface area contributed by atoms with Gasteiger partial charge >= 0.3 is 0 Å². The molecule has 0 amide bonds. The molecule has 3 nitrogen and oxygen atoms in total. The highest BCUT2D eigenvalue weighted by Gasteiger charge is 2.21. The molecule has 94 valence electrons. The van der Waals surface area contributed by atoms with Crippen LogP contribution in [0, 0.1) is 0 Å². The number of hydrogen-bond acceptors (Lipinski definition) is 3. The first-order valence-corrected chi connectivity index (χ1v) is 6.42. The minimum atomic E-state index is 0.107. The predicted octanol–water partition coefficient (Wildman–Crippen LogP) is 2.32. The molecule has 1 unspecified atom stereocenters. The molecular formula is C14H22N2O. The molecule has 1 aromatic rings. The van der Waals surface area contributed by atoms with Gasteiger partial charge in [-0.25, -0.2) is 0 Å². The topological polar surface area (TPSA) is 38.5 Å². The number of nitrogens with two attached hydrogens (primary N) is 1. The van der Waals surface area contributed by atoms with E-state index < -0.39 is 0 Å². The zero-order valence-electron chi connectivity index (χ0n) is 10.7. The SMILES string of the molecule is CCC1COCCN1c1ccc([C@@H](C)N)cc1. The highest BCUT2D eigenvalue weighted by molar-refractivity contribution is 5.49. The summed E-state index contributed by atoms with van der Waals surface area (Å²) in [6, 6.07) is 9.21. The number of nitrogens with zero attached hydrogens (tertiary/aromatic N) is 1. The fraction of sp³-hybridized carbons (Fsp3) is 0.571. The Hall–Kier alpha value is -1.06. The normalized spacial score (nSPS) is 22.5. The highest BCUT2D eigenvalue weighted by Crippen LogP contribution is 2.23. The van der Waals surface area contributed by atoms with E-state index in [1.807, 2.05) is 6.92 Å². The Morgan fingerprint density at radius 2 is 2.12 bits per heavy atom. The molecule has 2 rings (SSSR count). The zero-order valence-corrected chi connectivity index (χ0v) is 10.7. The third kappa shape index (κ3) is 2.79. The molecule has 0 spiro atoms. The Bertz CT molecular complexity index is 348. The molecular weight excluding hydrogens is 212 g/mol. The van der Waals surface area contributed by atoms with Crippen molar-refractivity contribution in [1.29, 1.82) is 0 Å². The summed E-state index contributed by atoms with van der Waals surface area (Å²) in [6.07, 6.45) is 1.12. The average molecular weight is 234 g/mol. The van der Waals surface area contributed by atoms with E-state index in [2.05, 4.69) is 36.1 Å². The second kappa shape index (κ2) is 5.52. The van der Waals surface area contributed by atoms with Gasteiger partial charge in [-0.05, 0) is 31.0 Å². The van der Waals surface area contributed by atoms with Crippen LogP contribution >= 0.6 is 0 Å². The lowest BCUT2D eigenvalue weighted by atomic mass is 10.1. The van der Waals surface area contributed by atoms with Crippen molar-refractivity contribution >= 4 is 5.69 Å². The van der Waals surface area contributed by atoms with Crippen molar-refractivity contribution in [2.75, 3.05) is 24.7 Å². The van der Waals surface area contributed by atoms with Crippen molar-refractivity contribution in [2.45, 2.75) is 32.4 Å². The van der Waals surface area contributed by atoms with Crippen LogP contribution in [-0.2, 0) is 4.74 Å². The van der Waals surface area contributed by atoms with Crippen molar-refractivity contribution in [3.05, 3.63) is 29.8 Å². The quantitative estimate of drug-likeness (QED) is 0.872. The van der Waals surface area contributed by atoms with E-state index in [9.17, 15) is 0 Å². The van der Waals surface area contributed by atoms with E-state index in [1.165, 1.54) is 11.3 Å². The molecule has 1 heterocycles. The maximum Gasteiger partial charge on any atom is 0.0670 e. The van der Waals surface area contributed by atoms with Gasteiger partial charge in [0.05, 0.1) is 19.3 Å². The lowest BCUT2D eigenvalue weighted by Crippen LogP contribution is -2.45. The summed E-state index contributed by atoms with van der Waals surface area (Å²) in [4.78, 5) is 2.44. The van der Waals surface area contributed by atoms with Crippen molar-refractivity contribution in [2.24, 2.45) is 5.73 Å². The molecule has 2 N–H and O–H groups in total. The van der Waals surface area contributed by atoms with Crippen molar-refractivity contribution in [3.8, 4) is 0 Å². The number of anilines is 1. The second-order valence-corrected chi connectivity index (χ2v) is 4.71. The van der Waals surface area contributed by atoms with E-state index in [4.69, 9.17) is 10.5 Å². The fourth-order valence-electron chi connectivity index (χ4n) is 2.30. The van der Waals surface area contributed by atoms with Crippen LogP contribution in [0.15, 0.2) is 24.3 Å². The van der Waals surface area contributed by atoms with Crippen LogP contribution in [0.3, 0.4) is 0 Å². The van der Waals surface area contributed by atoms with Crippen molar-refractivity contribution in [3.63, 3.8) is 0 Å². The molecule has 0 aromatic heterocycles. The Labute approximate surface area is 104 Å². The first-order valence-electron chi connectivity index (χ1n) is 6.42. The lowest BCUT2D eigenvalue weighted by Gasteiger charge is -2.37. The van der Waals surface area contributed by atoms with Gasteiger partial charge in [-0.1, -0.05) is 19.1 Å². The molecule has 0 bridgehead atoms. The maximum atomic E-state index is 5.86. The van der Waals surface area contributed by atoms with Gasteiger partial charge in [0.2, 0.25) is 0 Å². The molecule has 1 aliphatic heterocycles. The highest BCUT2D eigenvalue weighted by atomic mass is 16.5. The smallest absolute Gasteiger partial charge is 0.0670 e. The van der Waals surface area contributed by atoms with E-state index in [0.717, 1.165) is 26.2 Å². The summed E-state index contributed by atoms with van der Waals surface area (Å²) < 4.78 is 5.52. The first kappa shape index (κ1) is 12.4. The first-order chi connectivity index (χ1) is 8.22. The van der Waals surface area contributed by atoms with Gasteiger partial charge in [-0.15, -0.1) is 0 Å². The number of morpholine rings is 1. The predicted molar refractivity (Wildman–Crippen MR) is 71.3 cm³/mol. The molecule has 0 aliphatic carbocycles. The Balaban J connectivity index is 2.15. The van der Waals surface area contributed by atoms with Gasteiger partial charge < -0.3 is 15.4 Å². The van der Waals surface area contributed by atoms with Gasteiger partial charge in [0.1, 0.15) is 0 Å². The van der Waals surface area contributed by atoms with Crippen LogP contribution in [-0.4, -0.2) is 25.8 Å². The molecule has 2 atom stereocenters. The standard InChI is InChI=1S/C14H22N2O/c1-3-13-10-17-9-8-16(13)14-6-4-12(5-7-14)11(2)15/h4-7,11,13H,3,8-10,15H2,1-2H3/t11-,13?/m1/s1. The van der Waals surface area contributed by atoms with E-state index in [-0.39, 0.29) is 6.04 Å². The molecule has 3 heteroatoms. The summed E-state index contributed by atoms with van der Waals surface area (Å²) in [5.74, 6) is 0. The molecule has 1 fully saturated rings. The average Bonchev–Trinajstić information content (AvgIpc) is 2.39. The minimum absolute atomic E-state index is 0.107. The van der Waals surface area contributed by atoms with Gasteiger partial charge in [-0.3, -0.25) is 0 Å².